The van der Waals surface area contributed by atoms with Gasteiger partial charge in [-0.05, 0) is 31.6 Å². The first kappa shape index (κ1) is 15.5. The van der Waals surface area contributed by atoms with Crippen molar-refractivity contribution < 1.29 is 4.79 Å². The third-order valence-electron chi connectivity index (χ3n) is 3.24. The first-order valence-electron chi connectivity index (χ1n) is 7.39. The van der Waals surface area contributed by atoms with Crippen molar-refractivity contribution in [1.82, 2.24) is 25.0 Å². The Labute approximate surface area is 138 Å². The Morgan fingerprint density at radius 3 is 2.79 bits per heavy atom. The number of carbonyl (C=O) groups is 1. The summed E-state index contributed by atoms with van der Waals surface area (Å²) in [4.78, 5) is 20.4. The average molecular weight is 320 g/mol. The van der Waals surface area contributed by atoms with E-state index in [1.54, 1.807) is 6.08 Å². The molecule has 120 valence electrons. The van der Waals surface area contributed by atoms with Crippen LogP contribution in [0.3, 0.4) is 0 Å². The second-order valence-electron chi connectivity index (χ2n) is 5.18. The number of hydrazone groups is 1. The van der Waals surface area contributed by atoms with Crippen LogP contribution >= 0.6 is 0 Å². The van der Waals surface area contributed by atoms with Gasteiger partial charge in [0.2, 0.25) is 5.82 Å². The molecule has 1 N–H and O–H groups in total. The number of benzene rings is 1. The Hall–Kier alpha value is -3.35. The van der Waals surface area contributed by atoms with Crippen LogP contribution in [0.25, 0.3) is 11.9 Å². The second kappa shape index (κ2) is 6.82. The number of nitrogens with zero attached hydrogens (tertiary/aromatic N) is 5. The number of rotatable bonds is 4. The van der Waals surface area contributed by atoms with Gasteiger partial charge in [-0.15, -0.1) is 5.10 Å². The van der Waals surface area contributed by atoms with Crippen molar-refractivity contribution in [2.75, 3.05) is 0 Å². The van der Waals surface area contributed by atoms with Crippen LogP contribution < -0.4 is 5.43 Å². The number of nitrogens with one attached hydrogen (secondary N) is 1. The molecule has 0 aliphatic heterocycles. The predicted octanol–water partition coefficient (Wildman–Crippen LogP) is 2.17. The zero-order valence-corrected chi connectivity index (χ0v) is 13.3. The number of amides is 1. The van der Waals surface area contributed by atoms with Crippen molar-refractivity contribution in [2.45, 2.75) is 13.8 Å². The molecule has 2 aromatic heterocycles. The normalized spacial score (nSPS) is 11.6. The molecular formula is C17H16N6O. The molecule has 0 fully saturated rings. The van der Waals surface area contributed by atoms with E-state index in [-0.39, 0.29) is 5.82 Å². The Morgan fingerprint density at radius 2 is 2.00 bits per heavy atom. The summed E-state index contributed by atoms with van der Waals surface area (Å²) in [5.74, 6) is -0.0621. The van der Waals surface area contributed by atoms with E-state index in [4.69, 9.17) is 0 Å². The standard InChI is InChI=1S/C17H16N6O/c1-12-11-13(2)23-17(19-12)20-15(22-23)16(24)21-18-10-6-9-14-7-4-3-5-8-14/h3-11H,1-2H3,(H,21,24)/b9-6-,18-10-. The third kappa shape index (κ3) is 3.52. The molecule has 3 aromatic rings. The molecule has 0 aliphatic rings. The monoisotopic (exact) mass is 320 g/mol. The van der Waals surface area contributed by atoms with E-state index < -0.39 is 5.91 Å². The Balaban J connectivity index is 1.66. The first-order chi connectivity index (χ1) is 11.6. The Morgan fingerprint density at radius 1 is 1.21 bits per heavy atom. The number of fused-ring (bicyclic) bond motifs is 1. The average Bonchev–Trinajstić information content (AvgIpc) is 3.00. The van der Waals surface area contributed by atoms with Crippen molar-refractivity contribution in [3.05, 3.63) is 65.2 Å². The fourth-order valence-corrected chi connectivity index (χ4v) is 2.17. The van der Waals surface area contributed by atoms with E-state index in [0.29, 0.717) is 5.78 Å². The van der Waals surface area contributed by atoms with Crippen molar-refractivity contribution in [3.8, 4) is 0 Å². The van der Waals surface area contributed by atoms with Crippen molar-refractivity contribution in [3.63, 3.8) is 0 Å². The third-order valence-corrected chi connectivity index (χ3v) is 3.24. The van der Waals surface area contributed by atoms with Gasteiger partial charge in [0.25, 0.3) is 5.78 Å². The lowest BCUT2D eigenvalue weighted by atomic mass is 10.2. The zero-order chi connectivity index (χ0) is 16.9. The number of aromatic nitrogens is 4. The number of hydrogen-bond donors (Lipinski definition) is 1. The van der Waals surface area contributed by atoms with Crippen molar-refractivity contribution in [1.29, 1.82) is 0 Å². The van der Waals surface area contributed by atoms with Gasteiger partial charge in [0.1, 0.15) is 0 Å². The highest BCUT2D eigenvalue weighted by atomic mass is 16.2. The van der Waals surface area contributed by atoms with Gasteiger partial charge in [-0.3, -0.25) is 4.79 Å². The molecular weight excluding hydrogens is 304 g/mol. The summed E-state index contributed by atoms with van der Waals surface area (Å²) < 4.78 is 1.53. The molecule has 3 rings (SSSR count). The lowest BCUT2D eigenvalue weighted by molar-refractivity contribution is 0.0945. The van der Waals surface area contributed by atoms with Gasteiger partial charge < -0.3 is 0 Å². The number of hydrogen-bond acceptors (Lipinski definition) is 5. The summed E-state index contributed by atoms with van der Waals surface area (Å²) in [6, 6.07) is 11.7. The number of carbonyl (C=O) groups excluding carboxylic acids is 1. The molecule has 2 heterocycles. The quantitative estimate of drug-likeness (QED) is 0.590. The first-order valence-corrected chi connectivity index (χ1v) is 7.39. The largest absolute Gasteiger partial charge is 0.311 e. The molecule has 0 saturated carbocycles. The lowest BCUT2D eigenvalue weighted by Crippen LogP contribution is -2.19. The lowest BCUT2D eigenvalue weighted by Gasteiger charge is -1.97. The minimum absolute atomic E-state index is 0.0281. The van der Waals surface area contributed by atoms with Gasteiger partial charge >= 0.3 is 5.91 Å². The van der Waals surface area contributed by atoms with Gasteiger partial charge in [0.05, 0.1) is 0 Å². The molecule has 24 heavy (non-hydrogen) atoms. The topological polar surface area (TPSA) is 84.5 Å². The molecule has 7 heteroatoms. The van der Waals surface area contributed by atoms with Crippen LogP contribution in [0, 0.1) is 13.8 Å². The van der Waals surface area contributed by atoms with Crippen molar-refractivity contribution in [2.24, 2.45) is 5.10 Å². The van der Waals surface area contributed by atoms with Crippen LogP contribution in [0.4, 0.5) is 0 Å². The summed E-state index contributed by atoms with van der Waals surface area (Å²) in [5.41, 5.74) is 5.13. The Kier molecular flexibility index (Phi) is 4.42. The maximum atomic E-state index is 12.0. The van der Waals surface area contributed by atoms with Crippen LogP contribution in [0.5, 0.6) is 0 Å². The molecule has 0 radical (unpaired) electrons. The Bertz CT molecular complexity index is 927. The van der Waals surface area contributed by atoms with Crippen LogP contribution in [0.2, 0.25) is 0 Å². The minimum atomic E-state index is -0.484. The van der Waals surface area contributed by atoms with Crippen LogP contribution in [0.15, 0.2) is 47.6 Å². The fourth-order valence-electron chi connectivity index (χ4n) is 2.17. The molecule has 0 saturated heterocycles. The zero-order valence-electron chi connectivity index (χ0n) is 13.3. The van der Waals surface area contributed by atoms with E-state index in [1.807, 2.05) is 56.3 Å². The van der Waals surface area contributed by atoms with E-state index >= 15 is 0 Å². The van der Waals surface area contributed by atoms with Crippen LogP contribution in [-0.4, -0.2) is 31.7 Å². The summed E-state index contributed by atoms with van der Waals surface area (Å²) in [7, 11) is 0. The van der Waals surface area contributed by atoms with Crippen LogP contribution in [0.1, 0.15) is 27.6 Å². The minimum Gasteiger partial charge on any atom is -0.264 e. The maximum absolute atomic E-state index is 12.0. The fraction of sp³-hybridized carbons (Fsp3) is 0.118. The SMILES string of the molecule is Cc1cc(C)n2nc(C(=O)N/N=C\C=C/c3ccccc3)nc2n1. The molecule has 1 aromatic carbocycles. The smallest absolute Gasteiger partial charge is 0.264 e. The molecule has 0 atom stereocenters. The predicted molar refractivity (Wildman–Crippen MR) is 91.7 cm³/mol. The summed E-state index contributed by atoms with van der Waals surface area (Å²) in [6.45, 7) is 3.75. The highest BCUT2D eigenvalue weighted by Gasteiger charge is 2.14. The van der Waals surface area contributed by atoms with Gasteiger partial charge in [-0.2, -0.15) is 10.1 Å². The molecule has 0 aliphatic carbocycles. The molecule has 1 amide bonds. The highest BCUT2D eigenvalue weighted by molar-refractivity contribution is 5.91. The van der Waals surface area contributed by atoms with E-state index in [9.17, 15) is 4.79 Å². The molecule has 0 spiro atoms. The summed E-state index contributed by atoms with van der Waals surface area (Å²) in [5, 5.41) is 7.99. The summed E-state index contributed by atoms with van der Waals surface area (Å²) in [6.07, 6.45) is 5.12. The van der Waals surface area contributed by atoms with Gasteiger partial charge in [-0.1, -0.05) is 36.4 Å². The second-order valence-corrected chi connectivity index (χ2v) is 5.18. The number of aryl methyl sites for hydroxylation is 2. The highest BCUT2D eigenvalue weighted by Crippen LogP contribution is 2.05. The van der Waals surface area contributed by atoms with E-state index in [0.717, 1.165) is 17.0 Å². The molecule has 7 nitrogen and oxygen atoms in total. The summed E-state index contributed by atoms with van der Waals surface area (Å²) >= 11 is 0. The molecule has 0 unspecified atom stereocenters. The van der Waals surface area contributed by atoms with Gasteiger partial charge in [0.15, 0.2) is 0 Å². The van der Waals surface area contributed by atoms with E-state index in [1.165, 1.54) is 10.7 Å². The van der Waals surface area contributed by atoms with Crippen molar-refractivity contribution >= 4 is 24.0 Å². The maximum Gasteiger partial charge on any atom is 0.311 e. The van der Waals surface area contributed by atoms with Gasteiger partial charge in [0, 0.05) is 17.6 Å². The number of allylic oxidation sites excluding steroid dienone is 1. The molecule has 0 bridgehead atoms. The van der Waals surface area contributed by atoms with Crippen LogP contribution in [-0.2, 0) is 0 Å². The van der Waals surface area contributed by atoms with Gasteiger partial charge in [-0.25, -0.2) is 14.9 Å². The van der Waals surface area contributed by atoms with E-state index in [2.05, 4.69) is 25.6 Å².